The number of benzene rings is 4. The van der Waals surface area contributed by atoms with Crippen LogP contribution in [0.3, 0.4) is 0 Å². The number of halogens is 2. The first-order valence-corrected chi connectivity index (χ1v) is 26.7. The zero-order chi connectivity index (χ0) is 30.3. The van der Waals surface area contributed by atoms with E-state index in [0.717, 1.165) is 12.8 Å². The Morgan fingerprint density at radius 3 is 1.28 bits per heavy atom. The van der Waals surface area contributed by atoms with Crippen LogP contribution in [0, 0.1) is 0 Å². The van der Waals surface area contributed by atoms with Gasteiger partial charge >= 0.3 is 272 Å². The standard InChI is InChI=1S/2C20H21.C3H6.2ClH.Hf/c2*1-3-6-16-9-11-17(12-10-16)19-8-5-7-18-13-15(4-2)14-20(18)19;1-3-2;;;/h2*5,7-14H,3-4,6H2,1-2H3;1-3H2;2*1H;/q;;;;;+2/p-2. The number of hydrogen-bond acceptors (Lipinski definition) is 0. The van der Waals surface area contributed by atoms with E-state index in [-0.39, 0.29) is 24.8 Å². The Hall–Kier alpha value is -2.19. The molecule has 0 bridgehead atoms. The van der Waals surface area contributed by atoms with Crippen LogP contribution in [-0.2, 0) is 32.8 Å². The van der Waals surface area contributed by atoms with Crippen molar-refractivity contribution in [3.8, 4) is 22.3 Å². The molecular formula is C43H48Cl2Hf. The quantitative estimate of drug-likeness (QED) is 0.156. The van der Waals surface area contributed by atoms with Gasteiger partial charge in [-0.25, -0.2) is 0 Å². The van der Waals surface area contributed by atoms with Gasteiger partial charge in [0.2, 0.25) is 0 Å². The summed E-state index contributed by atoms with van der Waals surface area (Å²) in [5, 5.41) is 0. The van der Waals surface area contributed by atoms with E-state index in [2.05, 4.69) is 125 Å². The largest absolute Gasteiger partial charge is 1.00 e. The number of fused-ring (bicyclic) bond motifs is 2. The number of rotatable bonds is 10. The van der Waals surface area contributed by atoms with Crippen LogP contribution in [0.25, 0.3) is 34.4 Å². The van der Waals surface area contributed by atoms with E-state index in [4.69, 9.17) is 0 Å². The molecule has 1 saturated heterocycles. The summed E-state index contributed by atoms with van der Waals surface area (Å²) in [6, 6.07) is 33.4. The van der Waals surface area contributed by atoms with Crippen LogP contribution >= 0.6 is 0 Å². The van der Waals surface area contributed by atoms with Crippen LogP contribution in [0.5, 0.6) is 0 Å². The zero-order valence-electron chi connectivity index (χ0n) is 28.0. The van der Waals surface area contributed by atoms with E-state index < -0.39 is 20.0 Å². The molecule has 238 valence electrons. The van der Waals surface area contributed by atoms with Crippen LogP contribution in [0.4, 0.5) is 0 Å². The van der Waals surface area contributed by atoms with Crippen molar-refractivity contribution in [1.82, 2.24) is 0 Å². The Labute approximate surface area is 295 Å². The molecule has 0 amide bonds. The van der Waals surface area contributed by atoms with Crippen molar-refractivity contribution in [2.24, 2.45) is 0 Å². The molecule has 2 atom stereocenters. The maximum atomic E-state index is 2.65. The minimum Gasteiger partial charge on any atom is -1.00 e. The molecule has 0 nitrogen and oxygen atoms in total. The van der Waals surface area contributed by atoms with Crippen molar-refractivity contribution in [3.05, 3.63) is 129 Å². The molecule has 0 radical (unpaired) electrons. The van der Waals surface area contributed by atoms with E-state index in [0.29, 0.717) is 7.35 Å². The number of aryl methyl sites for hydroxylation is 2. The minimum atomic E-state index is -2.98. The molecule has 1 heterocycles. The smallest absolute Gasteiger partial charge is 1.00 e. The maximum Gasteiger partial charge on any atom is -1.00 e. The molecule has 0 aromatic heterocycles. The minimum absolute atomic E-state index is 0. The summed E-state index contributed by atoms with van der Waals surface area (Å²) in [6.07, 6.45) is 13.8. The van der Waals surface area contributed by atoms with Gasteiger partial charge in [-0.2, -0.15) is 0 Å². The second kappa shape index (κ2) is 14.9. The predicted molar refractivity (Wildman–Crippen MR) is 188 cm³/mol. The van der Waals surface area contributed by atoms with Gasteiger partial charge in [0.15, 0.2) is 0 Å². The monoisotopic (exact) mass is 814 g/mol. The van der Waals surface area contributed by atoms with E-state index >= 15 is 0 Å². The third-order valence-corrected chi connectivity index (χ3v) is 33.6. The third kappa shape index (κ3) is 5.99. The van der Waals surface area contributed by atoms with Gasteiger partial charge in [0.1, 0.15) is 0 Å². The molecule has 1 fully saturated rings. The van der Waals surface area contributed by atoms with E-state index in [1.807, 2.05) is 0 Å². The van der Waals surface area contributed by atoms with Gasteiger partial charge in [-0.15, -0.1) is 0 Å². The fourth-order valence-electron chi connectivity index (χ4n) is 9.01. The molecule has 0 spiro atoms. The molecule has 4 aromatic carbocycles. The van der Waals surface area contributed by atoms with E-state index in [9.17, 15) is 0 Å². The van der Waals surface area contributed by atoms with Crippen LogP contribution in [0.15, 0.2) is 96.1 Å². The molecule has 46 heavy (non-hydrogen) atoms. The summed E-state index contributed by atoms with van der Waals surface area (Å²) in [6.45, 7) is 9.38. The maximum absolute atomic E-state index is 2.98. The number of allylic oxidation sites excluding steroid dienone is 2. The Bertz CT molecular complexity index is 1600. The van der Waals surface area contributed by atoms with E-state index in [1.54, 1.807) is 22.3 Å². The first-order chi connectivity index (χ1) is 21.6. The van der Waals surface area contributed by atoms with Gasteiger partial charge in [-0.05, 0) is 0 Å². The molecule has 3 aliphatic rings. The molecular weight excluding hydrogens is 766 g/mol. The van der Waals surface area contributed by atoms with Gasteiger partial charge in [-0.3, -0.25) is 0 Å². The van der Waals surface area contributed by atoms with Gasteiger partial charge in [-0.1, -0.05) is 0 Å². The molecule has 3 heteroatoms. The summed E-state index contributed by atoms with van der Waals surface area (Å²) in [5.41, 5.74) is 18.4. The summed E-state index contributed by atoms with van der Waals surface area (Å²) >= 11 is -2.98. The van der Waals surface area contributed by atoms with Crippen LogP contribution < -0.4 is 24.8 Å². The van der Waals surface area contributed by atoms with Crippen molar-refractivity contribution >= 4 is 12.2 Å². The first-order valence-electron chi connectivity index (χ1n) is 17.5. The molecule has 1 aliphatic heterocycles. The Morgan fingerprint density at radius 1 is 0.543 bits per heavy atom. The van der Waals surface area contributed by atoms with Crippen LogP contribution in [-0.4, -0.2) is 0 Å². The Balaban J connectivity index is 0.00000208. The fourth-order valence-corrected chi connectivity index (χ4v) is 32.2. The summed E-state index contributed by atoms with van der Waals surface area (Å²) in [5.74, 6) is 0. The molecule has 2 aliphatic carbocycles. The summed E-state index contributed by atoms with van der Waals surface area (Å²) < 4.78 is 4.47. The van der Waals surface area contributed by atoms with Gasteiger partial charge in [0, 0.05) is 0 Å². The Morgan fingerprint density at radius 2 is 0.957 bits per heavy atom. The average Bonchev–Trinajstić information content (AvgIpc) is 3.61. The average molecular weight is 814 g/mol. The molecule has 7 rings (SSSR count). The van der Waals surface area contributed by atoms with Crippen molar-refractivity contribution in [2.45, 2.75) is 88.3 Å². The Kier molecular flexibility index (Phi) is 11.4. The molecule has 0 N–H and O–H groups in total. The second-order valence-electron chi connectivity index (χ2n) is 13.6. The first kappa shape index (κ1) is 35.1. The molecule has 2 unspecified atom stereocenters. The second-order valence-corrected chi connectivity index (χ2v) is 30.2. The van der Waals surface area contributed by atoms with E-state index in [1.165, 1.54) is 85.0 Å². The SMILES string of the molecule is CCCc1ccc(-c2cccc3c2C=C(CC)[CH]3[Hf+2]2([CH]3C(CC)=Cc4c(-c5ccc(CCC)cc5)cccc43)[CH2]C[CH2]2)cc1.[Cl-].[Cl-]. The van der Waals surface area contributed by atoms with Gasteiger partial charge in [0.05, 0.1) is 0 Å². The third-order valence-electron chi connectivity index (χ3n) is 11.2. The topological polar surface area (TPSA) is 0 Å². The van der Waals surface area contributed by atoms with Crippen molar-refractivity contribution < 1.29 is 44.8 Å². The van der Waals surface area contributed by atoms with Gasteiger partial charge < -0.3 is 24.8 Å². The number of hydrogen-bond donors (Lipinski definition) is 0. The zero-order valence-corrected chi connectivity index (χ0v) is 33.1. The molecule has 0 saturated carbocycles. The molecule has 4 aromatic rings. The summed E-state index contributed by atoms with van der Waals surface area (Å²) in [7, 11) is 0. The fraction of sp³-hybridized carbons (Fsp3) is 0.349. The van der Waals surface area contributed by atoms with Crippen LogP contribution in [0.1, 0.15) is 101 Å². The predicted octanol–water partition coefficient (Wildman–Crippen LogP) is 6.72. The van der Waals surface area contributed by atoms with Gasteiger partial charge in [0.25, 0.3) is 0 Å². The van der Waals surface area contributed by atoms with Crippen LogP contribution in [0.2, 0.25) is 8.35 Å². The van der Waals surface area contributed by atoms with Crippen molar-refractivity contribution in [3.63, 3.8) is 0 Å². The normalized spacial score (nSPS) is 18.1. The summed E-state index contributed by atoms with van der Waals surface area (Å²) in [4.78, 5) is 0. The van der Waals surface area contributed by atoms with Crippen molar-refractivity contribution in [1.29, 1.82) is 0 Å². The van der Waals surface area contributed by atoms with Crippen molar-refractivity contribution in [2.75, 3.05) is 0 Å².